The lowest BCUT2D eigenvalue weighted by molar-refractivity contribution is -0.141. The maximum absolute atomic E-state index is 12.0. The van der Waals surface area contributed by atoms with Crippen molar-refractivity contribution in [3.8, 4) is 0 Å². The van der Waals surface area contributed by atoms with Crippen molar-refractivity contribution >= 4 is 5.91 Å². The number of unbranched alkanes of at least 4 members (excludes halogenated alkanes) is 1. The number of hydrogen-bond donors (Lipinski definition) is 0. The molecule has 0 saturated heterocycles. The Bertz CT molecular complexity index is 354. The molecule has 100 valence electrons. The van der Waals surface area contributed by atoms with E-state index in [0.717, 1.165) is 18.4 Å². The number of ether oxygens (including phenoxy) is 1. The van der Waals surface area contributed by atoms with E-state index in [-0.39, 0.29) is 12.0 Å². The van der Waals surface area contributed by atoms with Crippen LogP contribution in [0.5, 0.6) is 0 Å². The minimum absolute atomic E-state index is 0.00922. The number of hydrogen-bond acceptors (Lipinski definition) is 3. The highest BCUT2D eigenvalue weighted by Crippen LogP contribution is 2.05. The van der Waals surface area contributed by atoms with Gasteiger partial charge in [-0.3, -0.25) is 9.78 Å². The monoisotopic (exact) mass is 250 g/mol. The summed E-state index contributed by atoms with van der Waals surface area (Å²) in [5, 5.41) is 0. The van der Waals surface area contributed by atoms with Crippen molar-refractivity contribution in [1.29, 1.82) is 0 Å². The molecule has 0 bridgehead atoms. The summed E-state index contributed by atoms with van der Waals surface area (Å²) in [7, 11) is 1.79. The van der Waals surface area contributed by atoms with Gasteiger partial charge in [0.15, 0.2) is 0 Å². The predicted octanol–water partition coefficient (Wildman–Crippen LogP) is 2.25. The fourth-order valence-electron chi connectivity index (χ4n) is 1.63. The van der Waals surface area contributed by atoms with Gasteiger partial charge in [-0.1, -0.05) is 19.4 Å². The van der Waals surface area contributed by atoms with Gasteiger partial charge in [0.1, 0.15) is 6.10 Å². The zero-order valence-electron chi connectivity index (χ0n) is 11.4. The summed E-state index contributed by atoms with van der Waals surface area (Å²) in [6, 6.07) is 3.83. The van der Waals surface area contributed by atoms with E-state index < -0.39 is 0 Å². The first-order chi connectivity index (χ1) is 8.65. The Balaban J connectivity index is 2.41. The van der Waals surface area contributed by atoms with Crippen LogP contribution in [0.2, 0.25) is 0 Å². The summed E-state index contributed by atoms with van der Waals surface area (Å²) in [6.45, 7) is 5.11. The molecule has 4 nitrogen and oxygen atoms in total. The Morgan fingerprint density at radius 2 is 2.33 bits per heavy atom. The maximum Gasteiger partial charge on any atom is 0.251 e. The van der Waals surface area contributed by atoms with Crippen LogP contribution in [-0.2, 0) is 16.1 Å². The van der Waals surface area contributed by atoms with Crippen molar-refractivity contribution in [3.63, 3.8) is 0 Å². The number of likely N-dealkylation sites (N-methyl/N-ethyl adjacent to an activating group) is 1. The summed E-state index contributed by atoms with van der Waals surface area (Å²) < 4.78 is 5.50. The zero-order chi connectivity index (χ0) is 13.4. The molecule has 0 aliphatic heterocycles. The van der Waals surface area contributed by atoms with Crippen LogP contribution in [-0.4, -0.2) is 35.5 Å². The Kier molecular flexibility index (Phi) is 6.36. The first-order valence-corrected chi connectivity index (χ1v) is 6.40. The molecule has 1 aromatic heterocycles. The molecule has 0 aliphatic carbocycles. The molecule has 4 heteroatoms. The molecule has 0 aromatic carbocycles. The van der Waals surface area contributed by atoms with Crippen molar-refractivity contribution < 1.29 is 9.53 Å². The normalized spacial score (nSPS) is 12.2. The molecular formula is C14H22N2O2. The smallest absolute Gasteiger partial charge is 0.251 e. The van der Waals surface area contributed by atoms with Gasteiger partial charge >= 0.3 is 0 Å². The molecule has 0 aliphatic rings. The molecule has 1 unspecified atom stereocenters. The number of amides is 1. The minimum atomic E-state index is -0.377. The largest absolute Gasteiger partial charge is 0.369 e. The molecule has 1 heterocycles. The Morgan fingerprint density at radius 1 is 1.56 bits per heavy atom. The number of carbonyl (C=O) groups excluding carboxylic acids is 1. The van der Waals surface area contributed by atoms with Gasteiger partial charge in [0.2, 0.25) is 0 Å². The molecule has 0 fully saturated rings. The summed E-state index contributed by atoms with van der Waals surface area (Å²) in [6.07, 6.45) is 5.18. The van der Waals surface area contributed by atoms with Crippen molar-refractivity contribution in [2.45, 2.75) is 39.3 Å². The lowest BCUT2D eigenvalue weighted by Crippen LogP contribution is -2.36. The molecule has 0 spiro atoms. The Hall–Kier alpha value is -1.42. The minimum Gasteiger partial charge on any atom is -0.369 e. The highest BCUT2D eigenvalue weighted by atomic mass is 16.5. The van der Waals surface area contributed by atoms with Gasteiger partial charge in [0, 0.05) is 32.6 Å². The van der Waals surface area contributed by atoms with Crippen LogP contribution in [0.25, 0.3) is 0 Å². The molecule has 0 saturated carbocycles. The van der Waals surface area contributed by atoms with Gasteiger partial charge < -0.3 is 9.64 Å². The molecule has 1 rings (SSSR count). The average molecular weight is 250 g/mol. The number of carbonyl (C=O) groups is 1. The summed E-state index contributed by atoms with van der Waals surface area (Å²) in [4.78, 5) is 17.7. The molecule has 1 atom stereocenters. The third-order valence-corrected chi connectivity index (χ3v) is 2.73. The second-order valence-corrected chi connectivity index (χ2v) is 4.42. The highest BCUT2D eigenvalue weighted by molar-refractivity contribution is 5.80. The molecular weight excluding hydrogens is 228 g/mol. The summed E-state index contributed by atoms with van der Waals surface area (Å²) in [5.41, 5.74) is 1.02. The van der Waals surface area contributed by atoms with Crippen LogP contribution in [0.15, 0.2) is 24.5 Å². The van der Waals surface area contributed by atoms with E-state index in [1.54, 1.807) is 31.3 Å². The van der Waals surface area contributed by atoms with Crippen LogP contribution in [0, 0.1) is 0 Å². The molecule has 1 amide bonds. The third-order valence-electron chi connectivity index (χ3n) is 2.73. The van der Waals surface area contributed by atoms with Gasteiger partial charge in [-0.25, -0.2) is 0 Å². The SMILES string of the molecule is CCCCOC(C)C(=O)N(C)Cc1cccnc1. The van der Waals surface area contributed by atoms with Crippen molar-refractivity contribution in [2.75, 3.05) is 13.7 Å². The van der Waals surface area contributed by atoms with E-state index in [2.05, 4.69) is 11.9 Å². The second-order valence-electron chi connectivity index (χ2n) is 4.42. The Morgan fingerprint density at radius 3 is 2.94 bits per heavy atom. The van der Waals surface area contributed by atoms with E-state index in [4.69, 9.17) is 4.74 Å². The first kappa shape index (κ1) is 14.6. The fourth-order valence-corrected chi connectivity index (χ4v) is 1.63. The van der Waals surface area contributed by atoms with E-state index in [1.165, 1.54) is 0 Å². The molecule has 1 aromatic rings. The van der Waals surface area contributed by atoms with Gasteiger partial charge in [-0.05, 0) is 25.0 Å². The lowest BCUT2D eigenvalue weighted by atomic mass is 10.2. The molecule has 18 heavy (non-hydrogen) atoms. The number of pyridine rings is 1. The number of nitrogens with zero attached hydrogens (tertiary/aromatic N) is 2. The Labute approximate surface area is 109 Å². The van der Waals surface area contributed by atoms with Crippen LogP contribution < -0.4 is 0 Å². The zero-order valence-corrected chi connectivity index (χ0v) is 11.4. The number of rotatable bonds is 7. The van der Waals surface area contributed by atoms with Crippen molar-refractivity contribution in [1.82, 2.24) is 9.88 Å². The maximum atomic E-state index is 12.0. The molecule has 0 radical (unpaired) electrons. The lowest BCUT2D eigenvalue weighted by Gasteiger charge is -2.21. The topological polar surface area (TPSA) is 42.4 Å². The number of aromatic nitrogens is 1. The van der Waals surface area contributed by atoms with E-state index >= 15 is 0 Å². The molecule has 0 N–H and O–H groups in total. The quantitative estimate of drug-likeness (QED) is 0.697. The first-order valence-electron chi connectivity index (χ1n) is 6.40. The summed E-state index contributed by atoms with van der Waals surface area (Å²) in [5.74, 6) is 0.00922. The van der Waals surface area contributed by atoms with Gasteiger partial charge in [-0.15, -0.1) is 0 Å². The fraction of sp³-hybridized carbons (Fsp3) is 0.571. The average Bonchev–Trinajstić information content (AvgIpc) is 2.39. The van der Waals surface area contributed by atoms with Gasteiger partial charge in [-0.2, -0.15) is 0 Å². The predicted molar refractivity (Wildman–Crippen MR) is 71.0 cm³/mol. The van der Waals surface area contributed by atoms with Crippen LogP contribution >= 0.6 is 0 Å². The van der Waals surface area contributed by atoms with Crippen LogP contribution in [0.1, 0.15) is 32.3 Å². The third kappa shape index (κ3) is 4.84. The van der Waals surface area contributed by atoms with Gasteiger partial charge in [0.25, 0.3) is 5.91 Å². The van der Waals surface area contributed by atoms with E-state index in [0.29, 0.717) is 13.2 Å². The standard InChI is InChI=1S/C14H22N2O2/c1-4-5-9-18-12(2)14(17)16(3)11-13-7-6-8-15-10-13/h6-8,10,12H,4-5,9,11H2,1-3H3. The van der Waals surface area contributed by atoms with Crippen LogP contribution in [0.3, 0.4) is 0 Å². The highest BCUT2D eigenvalue weighted by Gasteiger charge is 2.17. The second kappa shape index (κ2) is 7.82. The van der Waals surface area contributed by atoms with Crippen molar-refractivity contribution in [3.05, 3.63) is 30.1 Å². The summed E-state index contributed by atoms with van der Waals surface area (Å²) >= 11 is 0. The van der Waals surface area contributed by atoms with Gasteiger partial charge in [0.05, 0.1) is 0 Å². The van der Waals surface area contributed by atoms with Crippen molar-refractivity contribution in [2.24, 2.45) is 0 Å². The van der Waals surface area contributed by atoms with E-state index in [1.807, 2.05) is 12.1 Å². The van der Waals surface area contributed by atoms with E-state index in [9.17, 15) is 4.79 Å². The van der Waals surface area contributed by atoms with Crippen LogP contribution in [0.4, 0.5) is 0 Å².